The van der Waals surface area contributed by atoms with Crippen LogP contribution < -0.4 is 0 Å². The molecule has 0 unspecified atom stereocenters. The molecule has 0 spiro atoms. The van der Waals surface area contributed by atoms with Crippen LogP contribution in [0.3, 0.4) is 0 Å². The standard InChI is InChI=1S/C16H20F2.C3H8/c1-11(13(3)10-16(6,7)18)8-9-12(2)14(4)15(5)17;1-3-2/h8-9H,1-5,10H2,6-7H3;3H2,1-2H3/b9-8-;. The molecule has 21 heavy (non-hydrogen) atoms. The van der Waals surface area contributed by atoms with Crippen LogP contribution in [0.4, 0.5) is 8.78 Å². The first-order valence-corrected chi connectivity index (χ1v) is 6.93. The number of hydrogen-bond acceptors (Lipinski definition) is 0. The fraction of sp³-hybridized carbons (Fsp3) is 0.368. The van der Waals surface area contributed by atoms with Gasteiger partial charge in [0.2, 0.25) is 0 Å². The van der Waals surface area contributed by atoms with E-state index in [1.165, 1.54) is 20.3 Å². The van der Waals surface area contributed by atoms with Gasteiger partial charge in [0.15, 0.2) is 0 Å². The van der Waals surface area contributed by atoms with Gasteiger partial charge in [0, 0.05) is 12.0 Å². The molecule has 0 aromatic heterocycles. The minimum atomic E-state index is -1.33. The third kappa shape index (κ3) is 11.8. The van der Waals surface area contributed by atoms with Crippen molar-refractivity contribution >= 4 is 0 Å². The van der Waals surface area contributed by atoms with Crippen LogP contribution in [0.2, 0.25) is 0 Å². The summed E-state index contributed by atoms with van der Waals surface area (Å²) in [7, 11) is 0. The van der Waals surface area contributed by atoms with Gasteiger partial charge < -0.3 is 0 Å². The second-order valence-electron chi connectivity index (χ2n) is 5.47. The zero-order valence-electron chi connectivity index (χ0n) is 13.9. The first-order chi connectivity index (χ1) is 9.46. The van der Waals surface area contributed by atoms with Gasteiger partial charge in [-0.3, -0.25) is 0 Å². The van der Waals surface area contributed by atoms with Crippen LogP contribution >= 0.6 is 0 Å². The lowest BCUT2D eigenvalue weighted by Crippen LogP contribution is -2.12. The molecule has 0 aromatic carbocycles. The number of rotatable bonds is 7. The predicted octanol–water partition coefficient (Wildman–Crippen LogP) is 6.81. The van der Waals surface area contributed by atoms with Crippen LogP contribution in [0.25, 0.3) is 0 Å². The minimum Gasteiger partial charge on any atom is -0.244 e. The SMILES string of the molecule is C=C(F)C(=C)C(=C)/C=C\C(=C)C(=C)CC(C)(C)F.CCC. The van der Waals surface area contributed by atoms with E-state index in [9.17, 15) is 8.78 Å². The first kappa shape index (κ1) is 21.6. The summed E-state index contributed by atoms with van der Waals surface area (Å²) >= 11 is 0. The van der Waals surface area contributed by atoms with E-state index in [4.69, 9.17) is 0 Å². The van der Waals surface area contributed by atoms with Gasteiger partial charge in [0.05, 0.1) is 0 Å². The topological polar surface area (TPSA) is 0 Å². The third-order valence-corrected chi connectivity index (χ3v) is 2.29. The maximum absolute atomic E-state index is 13.4. The molecular formula is C19H28F2. The molecule has 0 aliphatic carbocycles. The molecule has 0 radical (unpaired) electrons. The van der Waals surface area contributed by atoms with E-state index in [-0.39, 0.29) is 12.0 Å². The Labute approximate surface area is 129 Å². The van der Waals surface area contributed by atoms with Crippen molar-refractivity contribution in [3.8, 4) is 0 Å². The highest BCUT2D eigenvalue weighted by molar-refractivity contribution is 5.48. The minimum absolute atomic E-state index is 0.135. The van der Waals surface area contributed by atoms with Gasteiger partial charge in [0.25, 0.3) is 0 Å². The van der Waals surface area contributed by atoms with Crippen LogP contribution in [-0.4, -0.2) is 5.67 Å². The summed E-state index contributed by atoms with van der Waals surface area (Å²) in [6, 6.07) is 0. The number of allylic oxidation sites excluding steroid dienone is 7. The molecule has 0 saturated heterocycles. The monoisotopic (exact) mass is 294 g/mol. The van der Waals surface area contributed by atoms with Crippen molar-refractivity contribution in [2.45, 2.75) is 46.2 Å². The maximum atomic E-state index is 13.4. The molecule has 0 bridgehead atoms. The molecule has 0 nitrogen and oxygen atoms in total. The van der Waals surface area contributed by atoms with Crippen molar-refractivity contribution in [3.05, 3.63) is 73.2 Å². The van der Waals surface area contributed by atoms with E-state index >= 15 is 0 Å². The second-order valence-corrected chi connectivity index (χ2v) is 5.47. The average Bonchev–Trinajstić information content (AvgIpc) is 2.33. The maximum Gasteiger partial charge on any atom is 0.123 e. The highest BCUT2D eigenvalue weighted by Crippen LogP contribution is 2.24. The fourth-order valence-electron chi connectivity index (χ4n) is 1.21. The Kier molecular flexibility index (Phi) is 10.4. The highest BCUT2D eigenvalue weighted by atomic mass is 19.1. The van der Waals surface area contributed by atoms with Gasteiger partial charge >= 0.3 is 0 Å². The molecule has 0 aromatic rings. The van der Waals surface area contributed by atoms with E-state index in [2.05, 4.69) is 46.7 Å². The van der Waals surface area contributed by atoms with Gasteiger partial charge in [-0.15, -0.1) is 0 Å². The summed E-state index contributed by atoms with van der Waals surface area (Å²) in [5.41, 5.74) is 0.378. The van der Waals surface area contributed by atoms with Crippen LogP contribution in [0, 0.1) is 0 Å². The molecule has 0 rings (SSSR count). The smallest absolute Gasteiger partial charge is 0.123 e. The molecule has 0 atom stereocenters. The molecule has 2 heteroatoms. The molecule has 118 valence electrons. The average molecular weight is 294 g/mol. The summed E-state index contributed by atoms with van der Waals surface area (Å²) < 4.78 is 26.2. The van der Waals surface area contributed by atoms with E-state index < -0.39 is 11.5 Å². The first-order valence-electron chi connectivity index (χ1n) is 6.93. The molecule has 0 fully saturated rings. The van der Waals surface area contributed by atoms with Gasteiger partial charge in [0.1, 0.15) is 11.5 Å². The Balaban J connectivity index is 0. The molecule has 0 aliphatic heterocycles. The number of hydrogen-bond donors (Lipinski definition) is 0. The summed E-state index contributed by atoms with van der Waals surface area (Å²) in [4.78, 5) is 0. The van der Waals surface area contributed by atoms with Crippen molar-refractivity contribution < 1.29 is 8.78 Å². The zero-order valence-corrected chi connectivity index (χ0v) is 13.9. The Morgan fingerprint density at radius 3 is 1.67 bits per heavy atom. The van der Waals surface area contributed by atoms with E-state index in [0.29, 0.717) is 16.7 Å². The fourth-order valence-corrected chi connectivity index (χ4v) is 1.21. The Morgan fingerprint density at radius 1 is 0.952 bits per heavy atom. The van der Waals surface area contributed by atoms with Crippen molar-refractivity contribution in [1.29, 1.82) is 0 Å². The summed E-state index contributed by atoms with van der Waals surface area (Å²) in [5.74, 6) is -0.626. The van der Waals surface area contributed by atoms with Crippen LogP contribution in [0.15, 0.2) is 73.2 Å². The van der Waals surface area contributed by atoms with Gasteiger partial charge in [-0.1, -0.05) is 65.3 Å². The highest BCUT2D eigenvalue weighted by Gasteiger charge is 2.17. The molecule has 0 amide bonds. The van der Waals surface area contributed by atoms with Crippen molar-refractivity contribution in [1.82, 2.24) is 0 Å². The van der Waals surface area contributed by atoms with Crippen LogP contribution in [0.5, 0.6) is 0 Å². The van der Waals surface area contributed by atoms with E-state index in [0.717, 1.165) is 0 Å². The normalized spacial score (nSPS) is 10.6. The molecule has 0 N–H and O–H groups in total. The number of halogens is 2. The number of alkyl halides is 1. The van der Waals surface area contributed by atoms with Crippen LogP contribution in [-0.2, 0) is 0 Å². The van der Waals surface area contributed by atoms with E-state index in [1.54, 1.807) is 12.2 Å². The lowest BCUT2D eigenvalue weighted by molar-refractivity contribution is 0.218. The molecule has 0 heterocycles. The Bertz CT molecular complexity index is 443. The molecular weight excluding hydrogens is 266 g/mol. The third-order valence-electron chi connectivity index (χ3n) is 2.29. The van der Waals surface area contributed by atoms with Crippen molar-refractivity contribution in [2.75, 3.05) is 0 Å². The molecule has 0 saturated carbocycles. The predicted molar refractivity (Wildman–Crippen MR) is 91.7 cm³/mol. The van der Waals surface area contributed by atoms with E-state index in [1.807, 2.05) is 0 Å². The van der Waals surface area contributed by atoms with Crippen LogP contribution in [0.1, 0.15) is 40.5 Å². The van der Waals surface area contributed by atoms with Crippen molar-refractivity contribution in [3.63, 3.8) is 0 Å². The zero-order chi connectivity index (χ0) is 17.2. The van der Waals surface area contributed by atoms with Gasteiger partial charge in [-0.25, -0.2) is 8.78 Å². The van der Waals surface area contributed by atoms with Gasteiger partial charge in [-0.05, 0) is 30.6 Å². The quantitative estimate of drug-likeness (QED) is 0.453. The Morgan fingerprint density at radius 2 is 1.33 bits per heavy atom. The van der Waals surface area contributed by atoms with Crippen molar-refractivity contribution in [2.24, 2.45) is 0 Å². The summed E-state index contributed by atoms with van der Waals surface area (Å²) in [6.45, 7) is 25.0. The second kappa shape index (κ2) is 10.1. The lowest BCUT2D eigenvalue weighted by atomic mass is 9.95. The lowest BCUT2D eigenvalue weighted by Gasteiger charge is -2.15. The largest absolute Gasteiger partial charge is 0.244 e. The van der Waals surface area contributed by atoms with Gasteiger partial charge in [-0.2, -0.15) is 0 Å². The summed E-state index contributed by atoms with van der Waals surface area (Å²) in [6.07, 6.45) is 4.62. The summed E-state index contributed by atoms with van der Waals surface area (Å²) in [5, 5.41) is 0. The molecule has 0 aliphatic rings. The Hall–Kier alpha value is -1.70.